The number of aryl methyl sites for hydroxylation is 4. The lowest BCUT2D eigenvalue weighted by atomic mass is 10.1. The van der Waals surface area contributed by atoms with Gasteiger partial charge < -0.3 is 23.9 Å². The molecule has 0 aliphatic rings. The van der Waals surface area contributed by atoms with Crippen molar-refractivity contribution in [3.63, 3.8) is 0 Å². The zero-order valence-electron chi connectivity index (χ0n) is 21.3. The average molecular weight is 492 g/mol. The van der Waals surface area contributed by atoms with Crippen LogP contribution in [0.15, 0.2) is 60.7 Å². The summed E-state index contributed by atoms with van der Waals surface area (Å²) in [5.74, 6) is 0. The van der Waals surface area contributed by atoms with Crippen LogP contribution >= 0.6 is 0 Å². The van der Waals surface area contributed by atoms with Crippen LogP contribution in [0.3, 0.4) is 0 Å². The first kappa shape index (κ1) is 26.7. The highest BCUT2D eigenvalue weighted by atomic mass is 35.5. The highest BCUT2D eigenvalue weighted by Crippen LogP contribution is 2.20. The summed E-state index contributed by atoms with van der Waals surface area (Å²) in [6.07, 6.45) is 10.3. The van der Waals surface area contributed by atoms with E-state index >= 15 is 0 Å². The van der Waals surface area contributed by atoms with Crippen LogP contribution in [0.2, 0.25) is 0 Å². The second kappa shape index (κ2) is 12.7. The molecule has 0 aliphatic heterocycles. The van der Waals surface area contributed by atoms with Gasteiger partial charge in [0.1, 0.15) is 13.1 Å². The van der Waals surface area contributed by atoms with Gasteiger partial charge in [0.25, 0.3) is 0 Å². The van der Waals surface area contributed by atoms with Crippen molar-refractivity contribution < 1.29 is 21.5 Å². The Morgan fingerprint density at radius 2 is 0.886 bits per heavy atom. The summed E-state index contributed by atoms with van der Waals surface area (Å²) in [6, 6.07) is 21.2. The van der Waals surface area contributed by atoms with Gasteiger partial charge in [-0.1, -0.05) is 49.9 Å². The number of fused-ring (bicyclic) bond motifs is 2. The molecule has 0 spiro atoms. The number of nitrogen functional groups attached to an aromatic ring is 2. The Morgan fingerprint density at radius 1 is 0.543 bits per heavy atom. The van der Waals surface area contributed by atoms with E-state index in [1.807, 2.05) is 0 Å². The quantitative estimate of drug-likeness (QED) is 0.250. The molecule has 2 aromatic heterocycles. The third-order valence-electron chi connectivity index (χ3n) is 7.11. The van der Waals surface area contributed by atoms with Crippen molar-refractivity contribution in [2.24, 2.45) is 0 Å². The summed E-state index contributed by atoms with van der Waals surface area (Å²) < 4.78 is 4.85. The van der Waals surface area contributed by atoms with E-state index < -0.39 is 0 Å². The molecule has 4 aromatic rings. The molecule has 4 N–H and O–H groups in total. The predicted octanol–water partition coefficient (Wildman–Crippen LogP) is 3.17. The summed E-state index contributed by atoms with van der Waals surface area (Å²) in [6.45, 7) is 6.46. The molecule has 0 saturated heterocycles. The van der Waals surface area contributed by atoms with Gasteiger partial charge in [-0.15, -0.1) is 0 Å². The SMILES string of the molecule is Cc1cc(N)c2ccccc2[n+]1CCCCCCCCCC[n+]1c(C)cc(N)c2ccccc21.[Cl-]. The van der Waals surface area contributed by atoms with Crippen molar-refractivity contribution in [3.05, 3.63) is 72.1 Å². The number of halogens is 1. The average Bonchev–Trinajstić information content (AvgIpc) is 2.83. The third-order valence-corrected chi connectivity index (χ3v) is 7.11. The first-order valence-electron chi connectivity index (χ1n) is 12.9. The molecule has 0 radical (unpaired) electrons. The van der Waals surface area contributed by atoms with E-state index in [-0.39, 0.29) is 12.4 Å². The largest absolute Gasteiger partial charge is 1.00 e. The summed E-state index contributed by atoms with van der Waals surface area (Å²) in [5, 5.41) is 2.32. The van der Waals surface area contributed by atoms with E-state index in [1.54, 1.807) is 0 Å². The van der Waals surface area contributed by atoms with Crippen molar-refractivity contribution in [1.82, 2.24) is 0 Å². The molecule has 2 aromatic carbocycles. The number of para-hydroxylation sites is 2. The highest BCUT2D eigenvalue weighted by molar-refractivity contribution is 5.88. The second-order valence-electron chi connectivity index (χ2n) is 9.65. The lowest BCUT2D eigenvalue weighted by Crippen LogP contribution is -3.00. The Morgan fingerprint density at radius 3 is 1.29 bits per heavy atom. The summed E-state index contributed by atoms with van der Waals surface area (Å²) >= 11 is 0. The maximum Gasteiger partial charge on any atom is 0.214 e. The molecule has 4 rings (SSSR count). The van der Waals surface area contributed by atoms with E-state index in [9.17, 15) is 0 Å². The van der Waals surface area contributed by atoms with Gasteiger partial charge in [-0.3, -0.25) is 0 Å². The second-order valence-corrected chi connectivity index (χ2v) is 9.65. The predicted molar refractivity (Wildman–Crippen MR) is 144 cm³/mol. The topological polar surface area (TPSA) is 59.8 Å². The Bertz CT molecular complexity index is 1170. The van der Waals surface area contributed by atoms with Crippen LogP contribution < -0.4 is 33.0 Å². The standard InChI is InChI=1S/C30H38N4.ClH/c1-23-21-27(31)25-15-9-11-17-29(25)33(23)19-13-7-5-3-4-6-8-14-20-34-24(2)22-28(32)26-16-10-12-18-30(26)34;/h9-12,15-18,21-22,31-32H,3-8,13-14,19-20H2,1-2H3;1H/p+1. The maximum atomic E-state index is 6.22. The van der Waals surface area contributed by atoms with Crippen LogP contribution in [-0.2, 0) is 13.1 Å². The Hall–Kier alpha value is -2.85. The third kappa shape index (κ3) is 6.43. The molecular formula is C30H40ClN4+. The Kier molecular flexibility index (Phi) is 9.73. The van der Waals surface area contributed by atoms with Gasteiger partial charge in [0.05, 0.1) is 22.1 Å². The molecule has 0 amide bonds. The number of nitrogens with two attached hydrogens (primary N) is 2. The fourth-order valence-corrected chi connectivity index (χ4v) is 5.24. The Labute approximate surface area is 216 Å². The van der Waals surface area contributed by atoms with Gasteiger partial charge in [-0.25, -0.2) is 0 Å². The molecule has 0 bridgehead atoms. The minimum Gasteiger partial charge on any atom is -1.00 e. The van der Waals surface area contributed by atoms with Gasteiger partial charge in [0.15, 0.2) is 11.4 Å². The number of anilines is 2. The van der Waals surface area contributed by atoms with Crippen LogP contribution in [0.1, 0.15) is 62.8 Å². The van der Waals surface area contributed by atoms with Crippen molar-refractivity contribution in [2.75, 3.05) is 11.5 Å². The molecule has 35 heavy (non-hydrogen) atoms. The summed E-state index contributed by atoms with van der Waals surface area (Å²) in [5.41, 5.74) is 19.2. The van der Waals surface area contributed by atoms with E-state index in [4.69, 9.17) is 11.5 Å². The van der Waals surface area contributed by atoms with Crippen molar-refractivity contribution in [1.29, 1.82) is 0 Å². The molecule has 2 heterocycles. The van der Waals surface area contributed by atoms with Crippen LogP contribution in [0.4, 0.5) is 11.4 Å². The van der Waals surface area contributed by atoms with E-state index in [0.29, 0.717) is 0 Å². The van der Waals surface area contributed by atoms with E-state index in [2.05, 4.69) is 83.6 Å². The molecule has 0 atom stereocenters. The van der Waals surface area contributed by atoms with Crippen LogP contribution in [0.5, 0.6) is 0 Å². The molecule has 186 valence electrons. The number of aromatic nitrogens is 2. The zero-order chi connectivity index (χ0) is 23.9. The normalized spacial score (nSPS) is 11.1. The number of nitrogens with zero attached hydrogens (tertiary/aromatic N) is 2. The van der Waals surface area contributed by atoms with Crippen LogP contribution in [0, 0.1) is 13.8 Å². The van der Waals surface area contributed by atoms with Gasteiger partial charge in [-0.2, -0.15) is 9.13 Å². The lowest BCUT2D eigenvalue weighted by Gasteiger charge is -2.08. The lowest BCUT2D eigenvalue weighted by molar-refractivity contribution is -0.678. The number of benzene rings is 2. The smallest absolute Gasteiger partial charge is 0.214 e. The number of pyridine rings is 2. The van der Waals surface area contributed by atoms with E-state index in [0.717, 1.165) is 35.2 Å². The van der Waals surface area contributed by atoms with Crippen LogP contribution in [-0.4, -0.2) is 0 Å². The number of rotatable bonds is 11. The number of unbranched alkanes of at least 4 members (excludes halogenated alkanes) is 7. The maximum absolute atomic E-state index is 6.22. The summed E-state index contributed by atoms with van der Waals surface area (Å²) in [7, 11) is 0. The first-order valence-corrected chi connectivity index (χ1v) is 12.9. The number of hydrogen-bond acceptors (Lipinski definition) is 2. The minimum atomic E-state index is 0. The molecule has 0 aliphatic carbocycles. The molecule has 5 heteroatoms. The van der Waals surface area contributed by atoms with Gasteiger partial charge >= 0.3 is 0 Å². The monoisotopic (exact) mass is 491 g/mol. The first-order chi connectivity index (χ1) is 16.6. The number of hydrogen-bond donors (Lipinski definition) is 2. The zero-order valence-corrected chi connectivity index (χ0v) is 22.0. The van der Waals surface area contributed by atoms with Crippen LogP contribution in [0.25, 0.3) is 21.8 Å². The van der Waals surface area contributed by atoms with Gasteiger partial charge in [0.2, 0.25) is 11.0 Å². The Balaban J connectivity index is 0.00000342. The van der Waals surface area contributed by atoms with Gasteiger partial charge in [-0.05, 0) is 25.0 Å². The van der Waals surface area contributed by atoms with Crippen molar-refractivity contribution in [2.45, 2.75) is 78.3 Å². The molecular weight excluding hydrogens is 452 g/mol. The van der Waals surface area contributed by atoms with Gasteiger partial charge in [0, 0.05) is 51.0 Å². The van der Waals surface area contributed by atoms with Crippen molar-refractivity contribution >= 4 is 33.2 Å². The van der Waals surface area contributed by atoms with E-state index in [1.165, 1.54) is 73.8 Å². The fourth-order valence-electron chi connectivity index (χ4n) is 5.24. The molecule has 0 saturated carbocycles. The highest BCUT2D eigenvalue weighted by Gasteiger charge is 2.15. The minimum absolute atomic E-state index is 0. The molecule has 0 fully saturated rings. The molecule has 4 nitrogen and oxygen atoms in total. The molecule has 0 unspecified atom stereocenters. The summed E-state index contributed by atoms with van der Waals surface area (Å²) in [4.78, 5) is 0. The fraction of sp³-hybridized carbons (Fsp3) is 0.400. The van der Waals surface area contributed by atoms with Crippen molar-refractivity contribution in [3.8, 4) is 0 Å².